The predicted molar refractivity (Wildman–Crippen MR) is 111 cm³/mol. The van der Waals surface area contributed by atoms with E-state index in [4.69, 9.17) is 9.47 Å². The summed E-state index contributed by atoms with van der Waals surface area (Å²) in [6, 6.07) is 6.34. The minimum atomic E-state index is -0.810. The van der Waals surface area contributed by atoms with Gasteiger partial charge in [0.05, 0.1) is 18.7 Å². The second-order valence-electron chi connectivity index (χ2n) is 6.27. The molecule has 1 fully saturated rings. The molecule has 0 aromatic heterocycles. The van der Waals surface area contributed by atoms with Crippen LogP contribution in [0.5, 0.6) is 5.75 Å². The van der Waals surface area contributed by atoms with Crippen LogP contribution in [-0.4, -0.2) is 55.6 Å². The Bertz CT molecular complexity index is 568. The average Bonchev–Trinajstić information content (AvgIpc) is 2.60. The predicted octanol–water partition coefficient (Wildman–Crippen LogP) is 2.31. The van der Waals surface area contributed by atoms with Gasteiger partial charge >= 0.3 is 0 Å². The number of aliphatic imine (C=N–C) groups is 1. The Kier molecular flexibility index (Phi) is 10.2. The molecule has 0 amide bonds. The topological polar surface area (TPSA) is 75.1 Å². The van der Waals surface area contributed by atoms with E-state index in [1.807, 2.05) is 13.8 Å². The number of rotatable bonds is 7. The average molecular weight is 481 g/mol. The van der Waals surface area contributed by atoms with Crippen LogP contribution in [0.15, 0.2) is 29.3 Å². The normalized spacial score (nSPS) is 17.8. The molecule has 2 rings (SSSR count). The van der Waals surface area contributed by atoms with Crippen molar-refractivity contribution >= 4 is 29.9 Å². The standard InChI is InChI=1S/C18H28FN3O3.HI/c1-3-20-17(22-13-18(23)8-10-24-11-9-18)21-12-14(2)25-16-7-5-4-6-15(16)19;/h4-7,14,23H,3,8-13H2,1-2H3,(H2,20,21,22);1H. The first-order valence-corrected chi connectivity index (χ1v) is 8.76. The summed E-state index contributed by atoms with van der Waals surface area (Å²) in [5.74, 6) is 0.457. The van der Waals surface area contributed by atoms with Crippen molar-refractivity contribution in [3.05, 3.63) is 30.1 Å². The van der Waals surface area contributed by atoms with E-state index in [1.54, 1.807) is 18.2 Å². The lowest BCUT2D eigenvalue weighted by atomic mass is 9.95. The Balaban J connectivity index is 0.00000338. The molecule has 0 radical (unpaired) electrons. The van der Waals surface area contributed by atoms with Crippen LogP contribution in [0, 0.1) is 5.82 Å². The lowest BCUT2D eigenvalue weighted by molar-refractivity contribution is -0.0565. The van der Waals surface area contributed by atoms with Gasteiger partial charge in [-0.05, 0) is 26.0 Å². The number of para-hydroxylation sites is 1. The minimum absolute atomic E-state index is 0. The third-order valence-electron chi connectivity index (χ3n) is 4.02. The van der Waals surface area contributed by atoms with E-state index in [2.05, 4.69) is 15.6 Å². The van der Waals surface area contributed by atoms with Crippen molar-refractivity contribution in [2.24, 2.45) is 4.99 Å². The summed E-state index contributed by atoms with van der Waals surface area (Å²) in [6.45, 7) is 6.42. The molecule has 148 valence electrons. The largest absolute Gasteiger partial charge is 0.486 e. The number of aliphatic hydroxyl groups is 1. The number of benzene rings is 1. The Morgan fingerprint density at radius 3 is 2.69 bits per heavy atom. The number of hydrogen-bond donors (Lipinski definition) is 3. The van der Waals surface area contributed by atoms with E-state index < -0.39 is 5.60 Å². The highest BCUT2D eigenvalue weighted by Gasteiger charge is 2.29. The molecular weight excluding hydrogens is 452 g/mol. The zero-order valence-electron chi connectivity index (χ0n) is 15.3. The van der Waals surface area contributed by atoms with E-state index in [9.17, 15) is 9.50 Å². The Morgan fingerprint density at radius 2 is 2.04 bits per heavy atom. The van der Waals surface area contributed by atoms with E-state index in [0.29, 0.717) is 51.6 Å². The summed E-state index contributed by atoms with van der Waals surface area (Å²) >= 11 is 0. The Morgan fingerprint density at radius 1 is 1.35 bits per heavy atom. The van der Waals surface area contributed by atoms with Crippen molar-refractivity contribution < 1.29 is 19.0 Å². The van der Waals surface area contributed by atoms with Crippen molar-refractivity contribution in [3.63, 3.8) is 0 Å². The fourth-order valence-corrected chi connectivity index (χ4v) is 2.52. The maximum atomic E-state index is 13.6. The zero-order valence-corrected chi connectivity index (χ0v) is 17.7. The van der Waals surface area contributed by atoms with Crippen molar-refractivity contribution in [3.8, 4) is 5.75 Å². The van der Waals surface area contributed by atoms with Crippen LogP contribution in [0.25, 0.3) is 0 Å². The summed E-state index contributed by atoms with van der Waals surface area (Å²) in [7, 11) is 0. The summed E-state index contributed by atoms with van der Waals surface area (Å²) in [5, 5.41) is 16.8. The molecule has 1 atom stereocenters. The molecule has 1 heterocycles. The Labute approximate surface area is 171 Å². The van der Waals surface area contributed by atoms with Gasteiger partial charge in [0.2, 0.25) is 0 Å². The smallest absolute Gasteiger partial charge is 0.191 e. The molecule has 0 saturated carbocycles. The first-order valence-electron chi connectivity index (χ1n) is 8.76. The Hall–Kier alpha value is -1.13. The highest BCUT2D eigenvalue weighted by atomic mass is 127. The molecule has 0 bridgehead atoms. The SMILES string of the molecule is CCNC(=NCC1(O)CCOCC1)NCC(C)Oc1ccccc1F.I. The molecule has 3 N–H and O–H groups in total. The molecule has 6 nitrogen and oxygen atoms in total. The molecule has 8 heteroatoms. The maximum Gasteiger partial charge on any atom is 0.191 e. The molecule has 1 aliphatic rings. The van der Waals surface area contributed by atoms with Crippen LogP contribution in [0.1, 0.15) is 26.7 Å². The number of hydrogen-bond acceptors (Lipinski definition) is 4. The van der Waals surface area contributed by atoms with Gasteiger partial charge < -0.3 is 25.2 Å². The van der Waals surface area contributed by atoms with Gasteiger partial charge in [0.15, 0.2) is 17.5 Å². The van der Waals surface area contributed by atoms with Gasteiger partial charge in [0, 0.05) is 32.6 Å². The number of nitrogens with one attached hydrogen (secondary N) is 2. The monoisotopic (exact) mass is 481 g/mol. The van der Waals surface area contributed by atoms with Crippen LogP contribution < -0.4 is 15.4 Å². The number of halogens is 2. The van der Waals surface area contributed by atoms with E-state index >= 15 is 0 Å². The number of guanidine groups is 1. The molecule has 1 aromatic rings. The molecule has 1 unspecified atom stereocenters. The van der Waals surface area contributed by atoms with Gasteiger partial charge in [-0.1, -0.05) is 12.1 Å². The first-order chi connectivity index (χ1) is 12.0. The van der Waals surface area contributed by atoms with Gasteiger partial charge in [-0.15, -0.1) is 24.0 Å². The molecule has 0 aliphatic carbocycles. The fourth-order valence-electron chi connectivity index (χ4n) is 2.52. The zero-order chi connectivity index (χ0) is 18.1. The number of nitrogens with zero attached hydrogens (tertiary/aromatic N) is 1. The maximum absolute atomic E-state index is 13.6. The van der Waals surface area contributed by atoms with Crippen LogP contribution in [0.2, 0.25) is 0 Å². The third kappa shape index (κ3) is 7.63. The lowest BCUT2D eigenvalue weighted by Gasteiger charge is -2.30. The van der Waals surface area contributed by atoms with E-state index in [-0.39, 0.29) is 41.6 Å². The van der Waals surface area contributed by atoms with Crippen molar-refractivity contribution in [1.82, 2.24) is 10.6 Å². The van der Waals surface area contributed by atoms with Crippen molar-refractivity contribution in [2.45, 2.75) is 38.4 Å². The van der Waals surface area contributed by atoms with Gasteiger partial charge in [-0.3, -0.25) is 4.99 Å². The third-order valence-corrected chi connectivity index (χ3v) is 4.02. The second kappa shape index (κ2) is 11.6. The molecule has 1 aromatic carbocycles. The highest BCUT2D eigenvalue weighted by molar-refractivity contribution is 14.0. The van der Waals surface area contributed by atoms with Crippen LogP contribution in [-0.2, 0) is 4.74 Å². The van der Waals surface area contributed by atoms with E-state index in [0.717, 1.165) is 0 Å². The van der Waals surface area contributed by atoms with Crippen molar-refractivity contribution in [2.75, 3.05) is 32.8 Å². The van der Waals surface area contributed by atoms with Crippen molar-refractivity contribution in [1.29, 1.82) is 0 Å². The number of ether oxygens (including phenoxy) is 2. The lowest BCUT2D eigenvalue weighted by Crippen LogP contribution is -2.44. The van der Waals surface area contributed by atoms with Crippen LogP contribution in [0.3, 0.4) is 0 Å². The molecule has 0 spiro atoms. The van der Waals surface area contributed by atoms with Gasteiger partial charge in [0.1, 0.15) is 6.10 Å². The van der Waals surface area contributed by atoms with Crippen LogP contribution in [0.4, 0.5) is 4.39 Å². The van der Waals surface area contributed by atoms with Crippen LogP contribution >= 0.6 is 24.0 Å². The first kappa shape index (κ1) is 22.9. The highest BCUT2D eigenvalue weighted by Crippen LogP contribution is 2.20. The molecule has 1 saturated heterocycles. The molecule has 26 heavy (non-hydrogen) atoms. The fraction of sp³-hybridized carbons (Fsp3) is 0.611. The quantitative estimate of drug-likeness (QED) is 0.317. The van der Waals surface area contributed by atoms with E-state index in [1.165, 1.54) is 6.07 Å². The molecular formula is C18H29FIN3O3. The van der Waals surface area contributed by atoms with Gasteiger partial charge in [-0.25, -0.2) is 4.39 Å². The minimum Gasteiger partial charge on any atom is -0.486 e. The summed E-state index contributed by atoms with van der Waals surface area (Å²) in [4.78, 5) is 4.46. The summed E-state index contributed by atoms with van der Waals surface area (Å²) < 4.78 is 24.5. The second-order valence-corrected chi connectivity index (χ2v) is 6.27. The van der Waals surface area contributed by atoms with Gasteiger partial charge in [-0.2, -0.15) is 0 Å². The summed E-state index contributed by atoms with van der Waals surface area (Å²) in [6.07, 6.45) is 0.928. The molecule has 1 aliphatic heterocycles. The van der Waals surface area contributed by atoms with Gasteiger partial charge in [0.25, 0.3) is 0 Å². The summed E-state index contributed by atoms with van der Waals surface area (Å²) in [5.41, 5.74) is -0.810.